The Balaban J connectivity index is 2.11. The van der Waals surface area contributed by atoms with Crippen molar-refractivity contribution >= 4 is 10.0 Å². The second kappa shape index (κ2) is 7.43. The van der Waals surface area contributed by atoms with Crippen LogP contribution in [0.15, 0.2) is 0 Å². The average molecular weight is 278 g/mol. The molecule has 0 aromatic carbocycles. The maximum Gasteiger partial charge on any atom is 0.211 e. The van der Waals surface area contributed by atoms with Gasteiger partial charge in [-0.2, -0.15) is 0 Å². The molecule has 6 heteroatoms. The molecule has 18 heavy (non-hydrogen) atoms. The zero-order chi connectivity index (χ0) is 13.6. The molecule has 1 rings (SSSR count). The topological polar surface area (TPSA) is 81.4 Å². The molecular weight excluding hydrogens is 252 g/mol. The molecule has 0 atom stereocenters. The van der Waals surface area contributed by atoms with Gasteiger partial charge in [-0.05, 0) is 31.6 Å². The van der Waals surface area contributed by atoms with Crippen molar-refractivity contribution in [1.29, 1.82) is 0 Å². The number of nitrogens with two attached hydrogens (primary N) is 1. The van der Waals surface area contributed by atoms with Crippen LogP contribution in [-0.4, -0.2) is 39.5 Å². The van der Waals surface area contributed by atoms with Crippen molar-refractivity contribution < 1.29 is 13.2 Å². The minimum Gasteiger partial charge on any atom is -0.377 e. The Morgan fingerprint density at radius 1 is 1.28 bits per heavy atom. The van der Waals surface area contributed by atoms with Crippen LogP contribution in [0.4, 0.5) is 0 Å². The Bertz CT molecular complexity index is 322. The first-order valence-electron chi connectivity index (χ1n) is 6.73. The third-order valence-corrected chi connectivity index (χ3v) is 4.80. The van der Waals surface area contributed by atoms with Gasteiger partial charge in [0.25, 0.3) is 0 Å². The van der Waals surface area contributed by atoms with Crippen LogP contribution in [0.1, 0.15) is 39.5 Å². The Morgan fingerprint density at radius 3 is 2.44 bits per heavy atom. The van der Waals surface area contributed by atoms with Crippen LogP contribution in [0.25, 0.3) is 0 Å². The van der Waals surface area contributed by atoms with E-state index in [1.165, 1.54) is 0 Å². The SMILES string of the molecule is CC(C)CS(=O)(=O)NCCOC1CCC(N)CC1. The first-order chi connectivity index (χ1) is 8.39. The second-order valence-electron chi connectivity index (χ2n) is 5.48. The van der Waals surface area contributed by atoms with Crippen molar-refractivity contribution in [2.45, 2.75) is 51.7 Å². The van der Waals surface area contributed by atoms with Gasteiger partial charge in [0.05, 0.1) is 18.5 Å². The molecule has 0 spiro atoms. The van der Waals surface area contributed by atoms with Gasteiger partial charge in [-0.1, -0.05) is 13.8 Å². The van der Waals surface area contributed by atoms with Crippen molar-refractivity contribution in [1.82, 2.24) is 4.72 Å². The van der Waals surface area contributed by atoms with E-state index in [1.807, 2.05) is 13.8 Å². The van der Waals surface area contributed by atoms with Gasteiger partial charge in [0.15, 0.2) is 0 Å². The quantitative estimate of drug-likeness (QED) is 0.676. The van der Waals surface area contributed by atoms with Crippen molar-refractivity contribution in [2.24, 2.45) is 11.7 Å². The first-order valence-corrected chi connectivity index (χ1v) is 8.39. The lowest BCUT2D eigenvalue weighted by molar-refractivity contribution is 0.0287. The van der Waals surface area contributed by atoms with E-state index < -0.39 is 10.0 Å². The van der Waals surface area contributed by atoms with E-state index >= 15 is 0 Å². The number of ether oxygens (including phenoxy) is 1. The maximum atomic E-state index is 11.6. The summed E-state index contributed by atoms with van der Waals surface area (Å²) in [6.07, 6.45) is 4.23. The molecular formula is C12H26N2O3S. The molecule has 0 aromatic heterocycles. The highest BCUT2D eigenvalue weighted by atomic mass is 32.2. The van der Waals surface area contributed by atoms with Crippen LogP contribution < -0.4 is 10.5 Å². The van der Waals surface area contributed by atoms with Gasteiger partial charge < -0.3 is 10.5 Å². The average Bonchev–Trinajstić information content (AvgIpc) is 2.25. The van der Waals surface area contributed by atoms with Gasteiger partial charge >= 0.3 is 0 Å². The molecule has 0 aromatic rings. The van der Waals surface area contributed by atoms with Crippen LogP contribution in [0, 0.1) is 5.92 Å². The van der Waals surface area contributed by atoms with Crippen LogP contribution in [0.5, 0.6) is 0 Å². The highest BCUT2D eigenvalue weighted by molar-refractivity contribution is 7.89. The highest BCUT2D eigenvalue weighted by Crippen LogP contribution is 2.19. The maximum absolute atomic E-state index is 11.6. The standard InChI is InChI=1S/C12H26N2O3S/c1-10(2)9-18(15,16)14-7-8-17-12-5-3-11(13)4-6-12/h10-12,14H,3-9,13H2,1-2H3. The molecule has 1 aliphatic rings. The van der Waals surface area contributed by atoms with Gasteiger partial charge in [0, 0.05) is 12.6 Å². The Hall–Kier alpha value is -0.170. The molecule has 1 saturated carbocycles. The van der Waals surface area contributed by atoms with Crippen molar-refractivity contribution in [2.75, 3.05) is 18.9 Å². The van der Waals surface area contributed by atoms with E-state index in [1.54, 1.807) is 0 Å². The highest BCUT2D eigenvalue weighted by Gasteiger charge is 2.19. The van der Waals surface area contributed by atoms with Gasteiger partial charge in [0.1, 0.15) is 0 Å². The summed E-state index contributed by atoms with van der Waals surface area (Å²) in [5.74, 6) is 0.314. The van der Waals surface area contributed by atoms with Crippen LogP contribution in [0.2, 0.25) is 0 Å². The molecule has 0 radical (unpaired) electrons. The summed E-state index contributed by atoms with van der Waals surface area (Å²) < 4.78 is 31.3. The van der Waals surface area contributed by atoms with Crippen LogP contribution in [-0.2, 0) is 14.8 Å². The third kappa shape index (κ3) is 6.68. The Morgan fingerprint density at radius 2 is 1.89 bits per heavy atom. The van der Waals surface area contributed by atoms with E-state index in [9.17, 15) is 8.42 Å². The van der Waals surface area contributed by atoms with Gasteiger partial charge in [-0.15, -0.1) is 0 Å². The van der Waals surface area contributed by atoms with Gasteiger partial charge in [0.2, 0.25) is 10.0 Å². The van der Waals surface area contributed by atoms with E-state index in [0.29, 0.717) is 19.2 Å². The number of hydrogen-bond donors (Lipinski definition) is 2. The number of rotatable bonds is 7. The summed E-state index contributed by atoms with van der Waals surface area (Å²) in [4.78, 5) is 0. The molecule has 0 unspecified atom stereocenters. The Kier molecular flexibility index (Phi) is 6.55. The van der Waals surface area contributed by atoms with Crippen molar-refractivity contribution in [3.05, 3.63) is 0 Å². The minimum atomic E-state index is -3.14. The number of sulfonamides is 1. The fraction of sp³-hybridized carbons (Fsp3) is 1.00. The van der Waals surface area contributed by atoms with Crippen molar-refractivity contribution in [3.63, 3.8) is 0 Å². The first kappa shape index (κ1) is 15.9. The van der Waals surface area contributed by atoms with Gasteiger partial charge in [-0.3, -0.25) is 0 Å². The fourth-order valence-electron chi connectivity index (χ4n) is 2.18. The van der Waals surface area contributed by atoms with E-state index in [0.717, 1.165) is 25.7 Å². The molecule has 1 aliphatic carbocycles. The summed E-state index contributed by atoms with van der Waals surface area (Å²) in [6, 6.07) is 0.314. The summed E-state index contributed by atoms with van der Waals surface area (Å²) >= 11 is 0. The second-order valence-corrected chi connectivity index (χ2v) is 7.33. The summed E-state index contributed by atoms with van der Waals surface area (Å²) in [5.41, 5.74) is 5.81. The molecule has 0 amide bonds. The minimum absolute atomic E-state index is 0.142. The zero-order valence-corrected chi connectivity index (χ0v) is 12.2. The lowest BCUT2D eigenvalue weighted by Crippen LogP contribution is -2.34. The molecule has 0 saturated heterocycles. The molecule has 108 valence electrons. The lowest BCUT2D eigenvalue weighted by Gasteiger charge is -2.26. The van der Waals surface area contributed by atoms with E-state index in [4.69, 9.17) is 10.5 Å². The van der Waals surface area contributed by atoms with Crippen molar-refractivity contribution in [3.8, 4) is 0 Å². The monoisotopic (exact) mass is 278 g/mol. The summed E-state index contributed by atoms with van der Waals surface area (Å²) in [6.45, 7) is 4.58. The molecule has 3 N–H and O–H groups in total. The summed E-state index contributed by atoms with van der Waals surface area (Å²) in [7, 11) is -3.14. The fourth-order valence-corrected chi connectivity index (χ4v) is 3.57. The predicted octanol–water partition coefficient (Wildman–Crippen LogP) is 0.848. The molecule has 0 aliphatic heterocycles. The smallest absolute Gasteiger partial charge is 0.211 e. The number of nitrogens with one attached hydrogen (secondary N) is 1. The molecule has 0 heterocycles. The predicted molar refractivity (Wildman–Crippen MR) is 72.8 cm³/mol. The molecule has 1 fully saturated rings. The summed E-state index contributed by atoms with van der Waals surface area (Å²) in [5, 5.41) is 0. The largest absolute Gasteiger partial charge is 0.377 e. The van der Waals surface area contributed by atoms with Crippen LogP contribution in [0.3, 0.4) is 0 Å². The van der Waals surface area contributed by atoms with E-state index in [-0.39, 0.29) is 17.8 Å². The normalized spacial score (nSPS) is 25.6. The Labute approximate surface area is 111 Å². The third-order valence-electron chi connectivity index (χ3n) is 3.05. The van der Waals surface area contributed by atoms with Crippen LogP contribution >= 0.6 is 0 Å². The number of hydrogen-bond acceptors (Lipinski definition) is 4. The lowest BCUT2D eigenvalue weighted by atomic mass is 9.94. The zero-order valence-electron chi connectivity index (χ0n) is 11.4. The molecule has 5 nitrogen and oxygen atoms in total. The van der Waals surface area contributed by atoms with E-state index in [2.05, 4.69) is 4.72 Å². The van der Waals surface area contributed by atoms with Gasteiger partial charge in [-0.25, -0.2) is 13.1 Å². The molecule has 0 bridgehead atoms.